The molecule has 0 aromatic heterocycles. The number of carboxylic acid groups (broad SMARTS) is 1. The molecule has 0 bridgehead atoms. The Morgan fingerprint density at radius 1 is 1.12 bits per heavy atom. The summed E-state index contributed by atoms with van der Waals surface area (Å²) in [6.07, 6.45) is 0. The second kappa shape index (κ2) is 4.40. The third kappa shape index (κ3) is 2.02. The van der Waals surface area contributed by atoms with Crippen molar-refractivity contribution in [3.05, 3.63) is 45.0 Å². The smallest absolute Gasteiger partial charge is 0.341 e. The summed E-state index contributed by atoms with van der Waals surface area (Å²) in [5.74, 6) is -1.20. The molecule has 0 aliphatic rings. The highest BCUT2D eigenvalue weighted by Gasteiger charge is 2.18. The first-order chi connectivity index (χ1) is 8.02. The number of rotatable bonds is 2. The van der Waals surface area contributed by atoms with Crippen LogP contribution in [0.15, 0.2) is 30.3 Å². The van der Waals surface area contributed by atoms with Crippen LogP contribution in [0.25, 0.3) is 10.8 Å². The van der Waals surface area contributed by atoms with Gasteiger partial charge >= 0.3 is 25.8 Å². The van der Waals surface area contributed by atoms with E-state index in [1.807, 2.05) is 13.0 Å². The SMILES string of the molecule is Cc1cccc2c(C(=O)O)c(I(=O)=O)ccc12. The van der Waals surface area contributed by atoms with Gasteiger partial charge in [0.25, 0.3) is 0 Å². The van der Waals surface area contributed by atoms with Gasteiger partial charge in [0.2, 0.25) is 0 Å². The van der Waals surface area contributed by atoms with E-state index in [1.54, 1.807) is 18.2 Å². The first-order valence-electron chi connectivity index (χ1n) is 4.83. The number of fused-ring (bicyclic) bond motifs is 1. The normalized spacial score (nSPS) is 10.9. The summed E-state index contributed by atoms with van der Waals surface area (Å²) in [6.45, 7) is 1.86. The molecule has 0 heterocycles. The number of hydrogen-bond donors (Lipinski definition) is 1. The van der Waals surface area contributed by atoms with Gasteiger partial charge in [-0.3, -0.25) is 0 Å². The first-order valence-corrected chi connectivity index (χ1v) is 7.67. The fourth-order valence-electron chi connectivity index (χ4n) is 1.83. The minimum absolute atomic E-state index is 0.0557. The van der Waals surface area contributed by atoms with Crippen molar-refractivity contribution in [2.75, 3.05) is 0 Å². The largest absolute Gasteiger partial charge is 0.478 e. The Morgan fingerprint density at radius 3 is 2.41 bits per heavy atom. The molecule has 0 amide bonds. The van der Waals surface area contributed by atoms with Crippen LogP contribution in [0.1, 0.15) is 15.9 Å². The molecule has 1 N–H and O–H groups in total. The van der Waals surface area contributed by atoms with Gasteiger partial charge in [-0.25, -0.2) is 10.9 Å². The van der Waals surface area contributed by atoms with E-state index in [4.69, 9.17) is 5.11 Å². The Morgan fingerprint density at radius 2 is 1.82 bits per heavy atom. The van der Waals surface area contributed by atoms with Crippen LogP contribution < -0.4 is 0 Å². The topological polar surface area (TPSA) is 71.4 Å². The Hall–Kier alpha value is -1.50. The van der Waals surface area contributed by atoms with Crippen molar-refractivity contribution >= 4 is 36.5 Å². The highest BCUT2D eigenvalue weighted by molar-refractivity contribution is 14.2. The second-order valence-corrected chi connectivity index (χ2v) is 6.02. The standard InChI is InChI=1S/C12H9IO4/c1-7-3-2-4-9-8(7)5-6-10(13(16)17)11(9)12(14)15/h2-6H,1H3,(H,14,15). The first kappa shape index (κ1) is 12.0. The summed E-state index contributed by atoms with van der Waals surface area (Å²) in [4.78, 5) is 11.2. The molecule has 0 aliphatic carbocycles. The maximum atomic E-state index is 11.2. The number of carboxylic acids is 1. The van der Waals surface area contributed by atoms with E-state index in [9.17, 15) is 10.9 Å². The molecule has 0 saturated heterocycles. The van der Waals surface area contributed by atoms with Gasteiger partial charge in [-0.05, 0) is 29.3 Å². The summed E-state index contributed by atoms with van der Waals surface area (Å²) < 4.78 is 22.2. The number of carbonyl (C=O) groups is 1. The van der Waals surface area contributed by atoms with Gasteiger partial charge in [-0.15, -0.1) is 0 Å². The predicted molar refractivity (Wildman–Crippen MR) is 69.7 cm³/mol. The maximum Gasteiger partial charge on any atom is 0.341 e. The molecular formula is C12H9IO4. The van der Waals surface area contributed by atoms with Crippen LogP contribution in [0.5, 0.6) is 0 Å². The molecule has 0 aliphatic heterocycles. The monoisotopic (exact) mass is 344 g/mol. The van der Waals surface area contributed by atoms with Crippen molar-refractivity contribution in [3.63, 3.8) is 0 Å². The summed E-state index contributed by atoms with van der Waals surface area (Å²) >= 11 is -3.80. The van der Waals surface area contributed by atoms with E-state index in [2.05, 4.69) is 0 Å². The molecule has 2 aromatic rings. The minimum Gasteiger partial charge on any atom is -0.478 e. The Labute approximate surface area is 104 Å². The summed E-state index contributed by atoms with van der Waals surface area (Å²) in [5, 5.41) is 10.4. The zero-order valence-electron chi connectivity index (χ0n) is 8.94. The lowest BCUT2D eigenvalue weighted by Crippen LogP contribution is -2.02. The molecule has 17 heavy (non-hydrogen) atoms. The lowest BCUT2D eigenvalue weighted by Gasteiger charge is -2.06. The van der Waals surface area contributed by atoms with Crippen molar-refractivity contribution in [1.29, 1.82) is 0 Å². The van der Waals surface area contributed by atoms with E-state index < -0.39 is 25.8 Å². The molecule has 0 fully saturated rings. The van der Waals surface area contributed by atoms with E-state index in [0.29, 0.717) is 5.39 Å². The molecular weight excluding hydrogens is 335 g/mol. The number of benzene rings is 2. The summed E-state index contributed by atoms with van der Waals surface area (Å²) in [6, 6.07) is 8.26. The van der Waals surface area contributed by atoms with Gasteiger partial charge in [-0.2, -0.15) is 0 Å². The van der Waals surface area contributed by atoms with Crippen LogP contribution in [-0.4, -0.2) is 11.1 Å². The molecule has 2 aromatic carbocycles. The van der Waals surface area contributed by atoms with E-state index in [0.717, 1.165) is 10.9 Å². The highest BCUT2D eigenvalue weighted by atomic mass is 127. The average molecular weight is 344 g/mol. The molecule has 0 saturated carbocycles. The van der Waals surface area contributed by atoms with Crippen LogP contribution in [0, 0.1) is 10.5 Å². The van der Waals surface area contributed by atoms with Gasteiger partial charge in [-0.1, -0.05) is 24.3 Å². The minimum atomic E-state index is -3.80. The maximum absolute atomic E-state index is 11.2. The Balaban J connectivity index is 2.99. The van der Waals surface area contributed by atoms with Crippen molar-refractivity contribution in [2.24, 2.45) is 0 Å². The van der Waals surface area contributed by atoms with E-state index in [1.165, 1.54) is 6.07 Å². The van der Waals surface area contributed by atoms with Gasteiger partial charge in [0, 0.05) is 0 Å². The average Bonchev–Trinajstić information content (AvgIpc) is 2.27. The van der Waals surface area contributed by atoms with Crippen molar-refractivity contribution in [2.45, 2.75) is 6.92 Å². The quantitative estimate of drug-likeness (QED) is 0.850. The summed E-state index contributed by atoms with van der Waals surface area (Å²) in [5.41, 5.74) is 0.815. The van der Waals surface area contributed by atoms with Crippen LogP contribution in [0.4, 0.5) is 0 Å². The van der Waals surface area contributed by atoms with Crippen LogP contribution in [0.3, 0.4) is 0 Å². The lowest BCUT2D eigenvalue weighted by molar-refractivity contribution is 0.0698. The van der Waals surface area contributed by atoms with E-state index in [-0.39, 0.29) is 9.13 Å². The predicted octanol–water partition coefficient (Wildman–Crippen LogP) is 3.21. The molecule has 2 rings (SSSR count). The third-order valence-electron chi connectivity index (χ3n) is 2.61. The van der Waals surface area contributed by atoms with Gasteiger partial charge in [0.05, 0.1) is 9.13 Å². The highest BCUT2D eigenvalue weighted by Crippen LogP contribution is 2.30. The number of aryl methyl sites for hydroxylation is 1. The molecule has 0 radical (unpaired) electrons. The second-order valence-electron chi connectivity index (χ2n) is 3.61. The number of hydrogen-bond acceptors (Lipinski definition) is 3. The molecule has 5 heteroatoms. The Kier molecular flexibility index (Phi) is 3.10. The van der Waals surface area contributed by atoms with Crippen LogP contribution >= 0.6 is 19.8 Å². The summed E-state index contributed by atoms with van der Waals surface area (Å²) in [7, 11) is 0. The third-order valence-corrected chi connectivity index (χ3v) is 4.46. The molecule has 0 atom stereocenters. The van der Waals surface area contributed by atoms with Gasteiger partial charge in [0.1, 0.15) is 0 Å². The van der Waals surface area contributed by atoms with Crippen LogP contribution in [0.2, 0.25) is 0 Å². The number of aromatic carboxylic acids is 1. The zero-order chi connectivity index (χ0) is 12.6. The fraction of sp³-hybridized carbons (Fsp3) is 0.0833. The lowest BCUT2D eigenvalue weighted by atomic mass is 10.0. The van der Waals surface area contributed by atoms with Gasteiger partial charge in [0.15, 0.2) is 0 Å². The van der Waals surface area contributed by atoms with Crippen molar-refractivity contribution in [1.82, 2.24) is 0 Å². The van der Waals surface area contributed by atoms with Crippen molar-refractivity contribution in [3.8, 4) is 0 Å². The zero-order valence-corrected chi connectivity index (χ0v) is 11.1. The van der Waals surface area contributed by atoms with Crippen LogP contribution in [-0.2, 0) is 6.14 Å². The Bertz CT molecular complexity index is 678. The molecule has 0 unspecified atom stereocenters. The molecule has 4 nitrogen and oxygen atoms in total. The van der Waals surface area contributed by atoms with E-state index >= 15 is 0 Å². The molecule has 0 spiro atoms. The van der Waals surface area contributed by atoms with Gasteiger partial charge < -0.3 is 5.11 Å². The number of halogens is 1. The fourth-order valence-corrected chi connectivity index (χ4v) is 3.27. The molecule has 88 valence electrons. The van der Waals surface area contributed by atoms with Crippen molar-refractivity contribution < 1.29 is 16.0 Å².